The Hall–Kier alpha value is -4.50. The normalized spacial score (nSPS) is 17.6. The highest BCUT2D eigenvalue weighted by Gasteiger charge is 2.38. The smallest absolute Gasteiger partial charge is 0.417 e. The predicted molar refractivity (Wildman–Crippen MR) is 194 cm³/mol. The number of fused-ring (bicyclic) bond motifs is 2. The second-order valence-corrected chi connectivity index (χ2v) is 15.7. The molecule has 3 N–H and O–H groups in total. The molecule has 0 saturated heterocycles. The number of ether oxygens (including phenoxy) is 1. The zero-order valence-corrected chi connectivity index (χ0v) is 30.7. The average molecular weight is 737 g/mol. The highest BCUT2D eigenvalue weighted by atomic mass is 32.3. The van der Waals surface area contributed by atoms with E-state index in [-0.39, 0.29) is 24.8 Å². The Labute approximate surface area is 302 Å². The lowest BCUT2D eigenvalue weighted by atomic mass is 9.74. The summed E-state index contributed by atoms with van der Waals surface area (Å²) in [5, 5.41) is 11.8. The van der Waals surface area contributed by atoms with Gasteiger partial charge in [-0.1, -0.05) is 48.5 Å². The van der Waals surface area contributed by atoms with Crippen LogP contribution in [-0.4, -0.2) is 57.5 Å². The number of carbonyl (C=O) groups excluding carboxylic acids is 1. The van der Waals surface area contributed by atoms with Gasteiger partial charge in [0.15, 0.2) is 0 Å². The molecule has 3 heterocycles. The van der Waals surface area contributed by atoms with Crippen molar-refractivity contribution in [1.82, 2.24) is 29.6 Å². The summed E-state index contributed by atoms with van der Waals surface area (Å²) in [6.07, 6.45) is -2.49. The Morgan fingerprint density at radius 3 is 2.52 bits per heavy atom. The molecule has 0 radical (unpaired) electrons. The standard InChI is InChI=1S/C38H43F3N6O4S/c1-7-29-22-46(52(49,50)33-12-10-9-11-32(33)51-29)21-27-17-25(14-13-23(27)3)34(30-15-16-31-35(24(30)4)44-45-47(31)8-2)37(5,6)43-36(48)26-18-28(20-42-19-26)38(39,40)41/h9-20,29,34,49-50H,7-8,21-22H2,1-6H3,(H,43,48)/t29-,34+/m1/s1. The van der Waals surface area contributed by atoms with Gasteiger partial charge in [0.25, 0.3) is 5.91 Å². The monoisotopic (exact) mass is 736 g/mol. The molecule has 276 valence electrons. The number of hydrogen-bond donors (Lipinski definition) is 3. The van der Waals surface area contributed by atoms with Crippen molar-refractivity contribution < 1.29 is 31.8 Å². The predicted octanol–water partition coefficient (Wildman–Crippen LogP) is 8.52. The number of carbonyl (C=O) groups is 1. The second-order valence-electron chi connectivity index (χ2n) is 13.7. The van der Waals surface area contributed by atoms with Crippen LogP contribution in [0.1, 0.15) is 83.8 Å². The zero-order chi connectivity index (χ0) is 37.6. The third-order valence-electron chi connectivity index (χ3n) is 9.79. The lowest BCUT2D eigenvalue weighted by Gasteiger charge is -2.42. The van der Waals surface area contributed by atoms with Crippen LogP contribution in [0.3, 0.4) is 0 Å². The highest BCUT2D eigenvalue weighted by molar-refractivity contribution is 8.22. The first kappa shape index (κ1) is 37.3. The first-order valence-electron chi connectivity index (χ1n) is 17.1. The number of nitrogens with zero attached hydrogens (tertiary/aromatic N) is 5. The van der Waals surface area contributed by atoms with Crippen LogP contribution in [0.4, 0.5) is 13.2 Å². The molecule has 2 atom stereocenters. The van der Waals surface area contributed by atoms with Crippen molar-refractivity contribution in [2.24, 2.45) is 0 Å². The van der Waals surface area contributed by atoms with E-state index < -0.39 is 39.9 Å². The van der Waals surface area contributed by atoms with Crippen molar-refractivity contribution in [2.45, 2.75) is 89.7 Å². The largest absolute Gasteiger partial charge is 0.487 e. The van der Waals surface area contributed by atoms with E-state index in [0.29, 0.717) is 35.3 Å². The third-order valence-corrected chi connectivity index (χ3v) is 11.7. The molecule has 52 heavy (non-hydrogen) atoms. The van der Waals surface area contributed by atoms with Crippen LogP contribution in [0.2, 0.25) is 0 Å². The van der Waals surface area contributed by atoms with Gasteiger partial charge in [0.2, 0.25) is 0 Å². The number of para-hydroxylation sites is 1. The summed E-state index contributed by atoms with van der Waals surface area (Å²) in [5.74, 6) is -0.802. The molecule has 0 aliphatic carbocycles. The molecule has 3 aromatic carbocycles. The van der Waals surface area contributed by atoms with Gasteiger partial charge in [-0.3, -0.25) is 18.9 Å². The van der Waals surface area contributed by atoms with Gasteiger partial charge in [0.05, 0.1) is 23.2 Å². The van der Waals surface area contributed by atoms with Crippen molar-refractivity contribution in [3.05, 3.63) is 112 Å². The quantitative estimate of drug-likeness (QED) is 0.138. The minimum atomic E-state index is -4.66. The molecule has 1 aliphatic rings. The van der Waals surface area contributed by atoms with Crippen LogP contribution in [-0.2, 0) is 19.3 Å². The maximum atomic E-state index is 13.7. The van der Waals surface area contributed by atoms with Gasteiger partial charge in [0, 0.05) is 36.9 Å². The second kappa shape index (κ2) is 14.1. The number of aryl methyl sites for hydroxylation is 3. The third kappa shape index (κ3) is 7.12. The van der Waals surface area contributed by atoms with Crippen LogP contribution < -0.4 is 10.1 Å². The number of aromatic nitrogens is 4. The van der Waals surface area contributed by atoms with Crippen molar-refractivity contribution >= 4 is 27.7 Å². The lowest BCUT2D eigenvalue weighted by molar-refractivity contribution is -0.137. The average Bonchev–Trinajstić information content (AvgIpc) is 3.49. The summed E-state index contributed by atoms with van der Waals surface area (Å²) in [6.45, 7) is 12.6. The van der Waals surface area contributed by atoms with E-state index in [1.54, 1.807) is 33.3 Å². The van der Waals surface area contributed by atoms with E-state index in [4.69, 9.17) is 4.74 Å². The number of nitrogens with one attached hydrogen (secondary N) is 1. The van der Waals surface area contributed by atoms with Crippen LogP contribution in [0.5, 0.6) is 5.75 Å². The number of halogens is 3. The van der Waals surface area contributed by atoms with E-state index in [1.807, 2.05) is 71.9 Å². The van der Waals surface area contributed by atoms with Gasteiger partial charge in [-0.15, -0.1) is 15.9 Å². The molecule has 0 saturated carbocycles. The fourth-order valence-corrected chi connectivity index (χ4v) is 8.55. The van der Waals surface area contributed by atoms with Crippen LogP contribution in [0.15, 0.2) is 78.0 Å². The molecule has 2 aromatic heterocycles. The summed E-state index contributed by atoms with van der Waals surface area (Å²) in [7, 11) is -3.44. The molecule has 0 spiro atoms. The van der Waals surface area contributed by atoms with Crippen molar-refractivity contribution in [3.63, 3.8) is 0 Å². The Morgan fingerprint density at radius 1 is 1.06 bits per heavy atom. The van der Waals surface area contributed by atoms with Crippen LogP contribution >= 0.6 is 10.8 Å². The number of amides is 1. The molecule has 0 bridgehead atoms. The number of hydrogen-bond acceptors (Lipinski definition) is 8. The van der Waals surface area contributed by atoms with Gasteiger partial charge in [-0.05, 0) is 93.1 Å². The van der Waals surface area contributed by atoms with E-state index in [2.05, 4.69) is 20.6 Å². The van der Waals surface area contributed by atoms with Crippen molar-refractivity contribution in [3.8, 4) is 5.75 Å². The van der Waals surface area contributed by atoms with Gasteiger partial charge < -0.3 is 10.1 Å². The lowest BCUT2D eigenvalue weighted by Crippen LogP contribution is -2.48. The molecule has 5 aromatic rings. The van der Waals surface area contributed by atoms with E-state index >= 15 is 0 Å². The van der Waals surface area contributed by atoms with Gasteiger partial charge in [0.1, 0.15) is 22.3 Å². The Bertz CT molecular complexity index is 2120. The molecular weight excluding hydrogens is 694 g/mol. The summed E-state index contributed by atoms with van der Waals surface area (Å²) in [6, 6.07) is 17.6. The topological polar surface area (TPSA) is 126 Å². The summed E-state index contributed by atoms with van der Waals surface area (Å²) >= 11 is 0. The van der Waals surface area contributed by atoms with E-state index in [9.17, 15) is 27.1 Å². The maximum absolute atomic E-state index is 13.7. The number of benzene rings is 3. The van der Waals surface area contributed by atoms with Gasteiger partial charge >= 0.3 is 6.18 Å². The first-order valence-corrected chi connectivity index (χ1v) is 18.6. The Balaban J connectivity index is 1.44. The number of alkyl halides is 3. The molecule has 1 aliphatic heterocycles. The number of rotatable bonds is 9. The molecule has 0 fully saturated rings. The summed E-state index contributed by atoms with van der Waals surface area (Å²) in [4.78, 5) is 17.7. The minimum Gasteiger partial charge on any atom is -0.487 e. The molecule has 1 amide bonds. The van der Waals surface area contributed by atoms with Gasteiger partial charge in [-0.2, -0.15) is 17.5 Å². The highest BCUT2D eigenvalue weighted by Crippen LogP contribution is 2.57. The summed E-state index contributed by atoms with van der Waals surface area (Å²) in [5.41, 5.74) is 3.46. The van der Waals surface area contributed by atoms with Crippen molar-refractivity contribution in [2.75, 3.05) is 6.54 Å². The Morgan fingerprint density at radius 2 is 1.81 bits per heavy atom. The SMILES string of the molecule is CC[C@@H]1CN(Cc2cc([C@@H](c3ccc4c(nnn4CC)c3C)C(C)(C)NC(=O)c3cncc(C(F)(F)F)c3)ccc2C)S(O)(O)c2ccccc2O1. The first-order chi connectivity index (χ1) is 24.5. The summed E-state index contributed by atoms with van der Waals surface area (Å²) < 4.78 is 73.7. The van der Waals surface area contributed by atoms with E-state index in [1.165, 1.54) is 0 Å². The maximum Gasteiger partial charge on any atom is 0.417 e. The molecule has 0 unspecified atom stereocenters. The number of pyridine rings is 1. The molecule has 6 rings (SSSR count). The fourth-order valence-electron chi connectivity index (χ4n) is 6.93. The minimum absolute atomic E-state index is 0.189. The van der Waals surface area contributed by atoms with Crippen molar-refractivity contribution in [1.29, 1.82) is 0 Å². The molecule has 10 nitrogen and oxygen atoms in total. The van der Waals surface area contributed by atoms with Gasteiger partial charge in [-0.25, -0.2) is 4.68 Å². The fraction of sp³-hybridized carbons (Fsp3) is 0.368. The Kier molecular flexibility index (Phi) is 10.1. The van der Waals surface area contributed by atoms with Crippen LogP contribution in [0, 0.1) is 13.8 Å². The zero-order valence-electron chi connectivity index (χ0n) is 29.9. The molecular formula is C38H43F3N6O4S. The van der Waals surface area contributed by atoms with E-state index in [0.717, 1.165) is 45.6 Å². The van der Waals surface area contributed by atoms with Crippen LogP contribution in [0.25, 0.3) is 11.0 Å². The molecule has 14 heteroatoms.